The Kier molecular flexibility index (Phi) is 13.6. The number of ether oxygens (including phenoxy) is 1. The van der Waals surface area contributed by atoms with Gasteiger partial charge in [0.1, 0.15) is 12.1 Å². The molecule has 0 spiro atoms. The summed E-state index contributed by atoms with van der Waals surface area (Å²) in [6, 6.07) is -0.264. The van der Waals surface area contributed by atoms with E-state index in [2.05, 4.69) is 55.3 Å². The molecular weight excluding hydrogens is 679 g/mol. The van der Waals surface area contributed by atoms with Crippen LogP contribution in [0.5, 0.6) is 0 Å². The largest absolute Gasteiger partial charge is 0.394 e. The molecule has 0 aromatic carbocycles. The molecule has 6 unspecified atom stereocenters. The number of hydroxylamine groups is 2. The molecule has 52 heavy (non-hydrogen) atoms. The van der Waals surface area contributed by atoms with Crippen LogP contribution in [0.2, 0.25) is 0 Å². The standard InChI is InChI=1S/C40H71N5O6S/c1-24-32-20-29(40(32,3)4)21-33(24)42-39(49)36-35(25(2)47)34(23-46)51-45(36)22-26-9-8-10-31(37(26)50-7)27-17-28(19-30(18-27)43(5)6)38(48)41-11-12-44-13-15-52-16-14-44/h24-37,46-47H,8-23H2,1-7H3,(H,41,48)(H,42,49)/t24-,25-,26?,27?,28?,29+,30?,31?,32-,33-,34-,35-,36-,37?/m0/s1. The van der Waals surface area contributed by atoms with Crippen molar-refractivity contribution in [3.8, 4) is 0 Å². The zero-order valence-electron chi connectivity index (χ0n) is 33.2. The number of fused-ring (bicyclic) bond motifs is 2. The van der Waals surface area contributed by atoms with Gasteiger partial charge in [0.05, 0.1) is 18.8 Å². The van der Waals surface area contributed by atoms with Gasteiger partial charge < -0.3 is 30.5 Å². The van der Waals surface area contributed by atoms with Crippen molar-refractivity contribution in [2.45, 2.75) is 115 Å². The fourth-order valence-electron chi connectivity index (χ4n) is 11.7. The van der Waals surface area contributed by atoms with Crippen LogP contribution in [0.3, 0.4) is 0 Å². The molecule has 11 nitrogen and oxygen atoms in total. The number of carbonyl (C=O) groups excluding carboxylic acids is 2. The number of rotatable bonds is 13. The third-order valence-electron chi connectivity index (χ3n) is 15.0. The summed E-state index contributed by atoms with van der Waals surface area (Å²) in [6.45, 7) is 12.8. The number of nitrogens with zero attached hydrogens (tertiary/aromatic N) is 3. The first kappa shape index (κ1) is 40.7. The molecule has 2 saturated heterocycles. The van der Waals surface area contributed by atoms with Crippen molar-refractivity contribution in [1.29, 1.82) is 0 Å². The van der Waals surface area contributed by atoms with Gasteiger partial charge in [-0.2, -0.15) is 16.8 Å². The third-order valence-corrected chi connectivity index (χ3v) is 15.9. The lowest BCUT2D eigenvalue weighted by Gasteiger charge is -2.62. The number of aliphatic hydroxyl groups excluding tert-OH is 2. The molecule has 0 radical (unpaired) electrons. The summed E-state index contributed by atoms with van der Waals surface area (Å²) in [6.07, 6.45) is 6.55. The van der Waals surface area contributed by atoms with Crippen LogP contribution >= 0.6 is 11.8 Å². The molecule has 7 aliphatic rings. The quantitative estimate of drug-likeness (QED) is 0.223. The van der Waals surface area contributed by atoms with Crippen molar-refractivity contribution in [3.05, 3.63) is 0 Å². The molecule has 5 aliphatic carbocycles. The number of aliphatic hydroxyl groups is 2. The summed E-state index contributed by atoms with van der Waals surface area (Å²) in [5.74, 6) is 4.23. The molecule has 0 aromatic rings. The third kappa shape index (κ3) is 8.54. The summed E-state index contributed by atoms with van der Waals surface area (Å²) in [7, 11) is 6.09. The fraction of sp³-hybridized carbons (Fsp3) is 0.950. The minimum absolute atomic E-state index is 0.0214. The number of hydrogen-bond donors (Lipinski definition) is 4. The molecule has 12 heteroatoms. The highest BCUT2D eigenvalue weighted by Crippen LogP contribution is 2.61. The van der Waals surface area contributed by atoms with Gasteiger partial charge in [0, 0.05) is 81.2 Å². The van der Waals surface area contributed by atoms with E-state index in [1.807, 2.05) is 18.9 Å². The second kappa shape index (κ2) is 17.4. The first-order chi connectivity index (χ1) is 24.8. The van der Waals surface area contributed by atoms with Crippen LogP contribution in [0.25, 0.3) is 0 Å². The minimum Gasteiger partial charge on any atom is -0.394 e. The van der Waals surface area contributed by atoms with Crippen LogP contribution in [0, 0.1) is 52.8 Å². The van der Waals surface area contributed by atoms with Gasteiger partial charge in [-0.15, -0.1) is 0 Å². The van der Waals surface area contributed by atoms with Gasteiger partial charge in [0.25, 0.3) is 0 Å². The van der Waals surface area contributed by atoms with Crippen molar-refractivity contribution in [2.75, 3.05) is 72.0 Å². The molecule has 0 aromatic heterocycles. The molecule has 5 saturated carbocycles. The van der Waals surface area contributed by atoms with Gasteiger partial charge in [-0.05, 0) is 101 Å². The molecule has 2 heterocycles. The Labute approximate surface area is 318 Å². The molecule has 7 fully saturated rings. The lowest BCUT2D eigenvalue weighted by atomic mass is 9.45. The predicted molar refractivity (Wildman–Crippen MR) is 205 cm³/mol. The van der Waals surface area contributed by atoms with E-state index in [9.17, 15) is 19.8 Å². The zero-order valence-corrected chi connectivity index (χ0v) is 34.0. The van der Waals surface area contributed by atoms with E-state index in [1.165, 1.54) is 17.9 Å². The number of thioether (sulfide) groups is 1. The predicted octanol–water partition coefficient (Wildman–Crippen LogP) is 3.09. The molecule has 7 rings (SSSR count). The maximum atomic E-state index is 14.3. The molecule has 2 amide bonds. The van der Waals surface area contributed by atoms with Crippen molar-refractivity contribution < 1.29 is 29.4 Å². The molecule has 298 valence electrons. The summed E-state index contributed by atoms with van der Waals surface area (Å²) in [5, 5.41) is 29.9. The maximum Gasteiger partial charge on any atom is 0.240 e. The van der Waals surface area contributed by atoms with E-state index < -0.39 is 24.2 Å². The Balaban J connectivity index is 1.13. The number of hydrogen-bond acceptors (Lipinski definition) is 10. The van der Waals surface area contributed by atoms with E-state index >= 15 is 0 Å². The van der Waals surface area contributed by atoms with Crippen molar-refractivity contribution in [2.24, 2.45) is 52.8 Å². The van der Waals surface area contributed by atoms with Gasteiger partial charge in [0.2, 0.25) is 11.8 Å². The van der Waals surface area contributed by atoms with Gasteiger partial charge in [-0.3, -0.25) is 19.3 Å². The van der Waals surface area contributed by atoms with E-state index in [1.54, 1.807) is 12.0 Å². The lowest BCUT2D eigenvalue weighted by Crippen LogP contribution is -2.62. The van der Waals surface area contributed by atoms with Gasteiger partial charge in [0.15, 0.2) is 0 Å². The first-order valence-corrected chi connectivity index (χ1v) is 21.8. The Bertz CT molecular complexity index is 1200. The average molecular weight is 750 g/mol. The van der Waals surface area contributed by atoms with Crippen molar-refractivity contribution in [1.82, 2.24) is 25.5 Å². The molecule has 14 atom stereocenters. The van der Waals surface area contributed by atoms with Crippen LogP contribution in [0.4, 0.5) is 0 Å². The number of carbonyl (C=O) groups is 2. The first-order valence-electron chi connectivity index (χ1n) is 20.6. The van der Waals surface area contributed by atoms with E-state index in [0.29, 0.717) is 54.1 Å². The topological polar surface area (TPSA) is 127 Å². The van der Waals surface area contributed by atoms with Crippen molar-refractivity contribution >= 4 is 23.6 Å². The summed E-state index contributed by atoms with van der Waals surface area (Å²) < 4.78 is 6.40. The highest BCUT2D eigenvalue weighted by molar-refractivity contribution is 7.99. The zero-order chi connectivity index (χ0) is 37.3. The van der Waals surface area contributed by atoms with Crippen LogP contribution in [-0.2, 0) is 19.2 Å². The monoisotopic (exact) mass is 750 g/mol. The Hall–Kier alpha value is -0.990. The average Bonchev–Trinajstić information content (AvgIpc) is 3.51. The Morgan fingerprint density at radius 2 is 1.83 bits per heavy atom. The fourth-order valence-corrected chi connectivity index (χ4v) is 12.7. The summed E-state index contributed by atoms with van der Waals surface area (Å²) in [5.41, 5.74) is 0.320. The van der Waals surface area contributed by atoms with E-state index in [-0.39, 0.29) is 42.4 Å². The minimum atomic E-state index is -0.821. The van der Waals surface area contributed by atoms with Gasteiger partial charge in [-0.1, -0.05) is 27.2 Å². The molecular formula is C40H71N5O6S. The second-order valence-corrected chi connectivity index (χ2v) is 19.6. The Morgan fingerprint density at radius 3 is 2.46 bits per heavy atom. The Morgan fingerprint density at radius 1 is 1.08 bits per heavy atom. The maximum absolute atomic E-state index is 14.3. The normalized spacial score (nSPS) is 41.7. The SMILES string of the molecule is COC1C(CN2O[C@@H](CO)[C@H]([C@H](C)O)[C@H]2C(=O)N[C@H]2C[C@H]3C[C@@H]([C@@H]2C)C3(C)C)CCCC1C1CC(C(=O)NCCN2CCSCC2)CC(N(C)C)C1. The number of amides is 2. The summed E-state index contributed by atoms with van der Waals surface area (Å²) >= 11 is 2.01. The van der Waals surface area contributed by atoms with E-state index in [0.717, 1.165) is 64.6 Å². The lowest BCUT2D eigenvalue weighted by molar-refractivity contribution is -0.193. The highest BCUT2D eigenvalue weighted by Gasteiger charge is 2.58. The molecule has 4 N–H and O–H groups in total. The van der Waals surface area contributed by atoms with Crippen LogP contribution < -0.4 is 10.6 Å². The van der Waals surface area contributed by atoms with Crippen LogP contribution in [0.1, 0.15) is 79.1 Å². The van der Waals surface area contributed by atoms with Crippen LogP contribution in [0.15, 0.2) is 0 Å². The van der Waals surface area contributed by atoms with E-state index in [4.69, 9.17) is 9.57 Å². The van der Waals surface area contributed by atoms with Gasteiger partial charge in [-0.25, -0.2) is 0 Å². The smallest absolute Gasteiger partial charge is 0.240 e. The number of methoxy groups -OCH3 is 1. The molecule has 2 bridgehead atoms. The second-order valence-electron chi connectivity index (χ2n) is 18.3. The number of nitrogens with one attached hydrogen (secondary N) is 2. The van der Waals surface area contributed by atoms with Crippen molar-refractivity contribution in [3.63, 3.8) is 0 Å². The highest BCUT2D eigenvalue weighted by atomic mass is 32.2. The summed E-state index contributed by atoms with van der Waals surface area (Å²) in [4.78, 5) is 39.1. The van der Waals surface area contributed by atoms with Crippen LogP contribution in [-0.4, -0.2) is 145 Å². The van der Waals surface area contributed by atoms with Gasteiger partial charge >= 0.3 is 0 Å². The molecule has 2 aliphatic heterocycles.